The van der Waals surface area contributed by atoms with Crippen molar-refractivity contribution in [1.82, 2.24) is 15.1 Å². The van der Waals surface area contributed by atoms with E-state index >= 15 is 0 Å². The number of furan rings is 1. The van der Waals surface area contributed by atoms with Gasteiger partial charge in [-0.2, -0.15) is 5.10 Å². The minimum Gasteiger partial charge on any atom is -0.468 e. The molecule has 0 fully saturated rings. The summed E-state index contributed by atoms with van der Waals surface area (Å²) in [4.78, 5) is 0. The quantitative estimate of drug-likeness (QED) is 0.905. The molecule has 2 aromatic rings. The zero-order valence-corrected chi connectivity index (χ0v) is 11.7. The van der Waals surface area contributed by atoms with Crippen LogP contribution in [-0.4, -0.2) is 9.78 Å². The van der Waals surface area contributed by atoms with Crippen LogP contribution in [0.15, 0.2) is 22.8 Å². The Labute approximate surface area is 112 Å². The van der Waals surface area contributed by atoms with Gasteiger partial charge >= 0.3 is 0 Å². The summed E-state index contributed by atoms with van der Waals surface area (Å²) in [6.45, 7) is 4.78. The van der Waals surface area contributed by atoms with Crippen LogP contribution in [0.3, 0.4) is 0 Å². The Balaban J connectivity index is 2.04. The third-order valence-corrected chi connectivity index (χ3v) is 3.48. The molecule has 0 aliphatic carbocycles. The van der Waals surface area contributed by atoms with Crippen LogP contribution >= 0.6 is 11.6 Å². The lowest BCUT2D eigenvalue weighted by Crippen LogP contribution is -2.19. The highest BCUT2D eigenvalue weighted by Crippen LogP contribution is 2.21. The second-order valence-corrected chi connectivity index (χ2v) is 4.68. The normalized spacial score (nSPS) is 12.9. The Hall–Kier alpha value is -1.26. The average molecular weight is 268 g/mol. The molecular formula is C13H18ClN3O. The van der Waals surface area contributed by atoms with Crippen LogP contribution in [0.1, 0.15) is 37.0 Å². The largest absolute Gasteiger partial charge is 0.468 e. The molecule has 2 aromatic heterocycles. The van der Waals surface area contributed by atoms with Gasteiger partial charge in [-0.25, -0.2) is 0 Å². The fourth-order valence-corrected chi connectivity index (χ4v) is 2.26. The molecule has 0 aliphatic heterocycles. The lowest BCUT2D eigenvalue weighted by Gasteiger charge is -2.11. The first-order valence-electron chi connectivity index (χ1n) is 6.10. The van der Waals surface area contributed by atoms with E-state index in [0.29, 0.717) is 6.54 Å². The molecule has 0 amide bonds. The van der Waals surface area contributed by atoms with Crippen LogP contribution < -0.4 is 5.32 Å². The molecule has 0 spiro atoms. The molecule has 4 nitrogen and oxygen atoms in total. The van der Waals surface area contributed by atoms with Gasteiger partial charge in [-0.15, -0.1) is 0 Å². The van der Waals surface area contributed by atoms with E-state index in [1.807, 2.05) is 23.9 Å². The molecule has 2 rings (SSSR count). The van der Waals surface area contributed by atoms with Crippen molar-refractivity contribution < 1.29 is 4.42 Å². The van der Waals surface area contributed by atoms with Crippen molar-refractivity contribution in [3.63, 3.8) is 0 Å². The van der Waals surface area contributed by atoms with Crippen molar-refractivity contribution in [3.8, 4) is 0 Å². The third-order valence-electron chi connectivity index (χ3n) is 3.05. The van der Waals surface area contributed by atoms with Crippen molar-refractivity contribution in [3.05, 3.63) is 40.6 Å². The van der Waals surface area contributed by atoms with Gasteiger partial charge in [0.25, 0.3) is 0 Å². The first-order valence-corrected chi connectivity index (χ1v) is 6.48. The van der Waals surface area contributed by atoms with Gasteiger partial charge in [0, 0.05) is 13.6 Å². The summed E-state index contributed by atoms with van der Waals surface area (Å²) in [5.41, 5.74) is 1.95. The van der Waals surface area contributed by atoms with Crippen molar-refractivity contribution >= 4 is 11.6 Å². The third kappa shape index (κ3) is 2.60. The number of rotatable bonds is 5. The molecular weight excluding hydrogens is 250 g/mol. The minimum atomic E-state index is 0.149. The fraction of sp³-hybridized carbons (Fsp3) is 0.462. The number of hydrogen-bond donors (Lipinski definition) is 1. The van der Waals surface area contributed by atoms with Crippen LogP contribution in [0, 0.1) is 0 Å². The predicted molar refractivity (Wildman–Crippen MR) is 71.6 cm³/mol. The smallest absolute Gasteiger partial charge is 0.120 e. The maximum atomic E-state index is 6.29. The van der Waals surface area contributed by atoms with Crippen LogP contribution in [0.2, 0.25) is 5.02 Å². The Morgan fingerprint density at radius 2 is 2.33 bits per heavy atom. The maximum Gasteiger partial charge on any atom is 0.120 e. The predicted octanol–water partition coefficient (Wildman–Crippen LogP) is 3.08. The van der Waals surface area contributed by atoms with Gasteiger partial charge in [-0.1, -0.05) is 18.5 Å². The van der Waals surface area contributed by atoms with E-state index in [2.05, 4.69) is 24.3 Å². The molecule has 0 aromatic carbocycles. The Bertz CT molecular complexity index is 505. The van der Waals surface area contributed by atoms with Gasteiger partial charge in [-0.05, 0) is 25.5 Å². The first kappa shape index (κ1) is 13.2. The number of aryl methyl sites for hydroxylation is 2. The molecule has 0 aliphatic rings. The number of nitrogens with zero attached hydrogens (tertiary/aromatic N) is 2. The zero-order valence-electron chi connectivity index (χ0n) is 10.9. The fourth-order valence-electron chi connectivity index (χ4n) is 1.90. The van der Waals surface area contributed by atoms with Crippen molar-refractivity contribution in [1.29, 1.82) is 0 Å². The van der Waals surface area contributed by atoms with Crippen LogP contribution in [0.5, 0.6) is 0 Å². The molecule has 1 N–H and O–H groups in total. The van der Waals surface area contributed by atoms with Gasteiger partial charge < -0.3 is 9.73 Å². The van der Waals surface area contributed by atoms with Crippen LogP contribution in [0.4, 0.5) is 0 Å². The van der Waals surface area contributed by atoms with Crippen molar-refractivity contribution in [2.45, 2.75) is 32.9 Å². The summed E-state index contributed by atoms with van der Waals surface area (Å²) in [7, 11) is 1.92. The molecule has 18 heavy (non-hydrogen) atoms. The SMILES string of the molecule is CCc1nn(C)c(CN[C@H](C)c2ccco2)c1Cl. The summed E-state index contributed by atoms with van der Waals surface area (Å²) in [6.07, 6.45) is 2.53. The standard InChI is InChI=1S/C13H18ClN3O/c1-4-10-13(14)11(17(3)16-10)8-15-9(2)12-6-5-7-18-12/h5-7,9,15H,4,8H2,1-3H3/t9-/m1/s1. The van der Waals surface area contributed by atoms with Crippen LogP contribution in [-0.2, 0) is 20.0 Å². The highest BCUT2D eigenvalue weighted by Gasteiger charge is 2.14. The highest BCUT2D eigenvalue weighted by atomic mass is 35.5. The summed E-state index contributed by atoms with van der Waals surface area (Å²) < 4.78 is 7.19. The van der Waals surface area contributed by atoms with Gasteiger partial charge in [-0.3, -0.25) is 4.68 Å². The molecule has 1 atom stereocenters. The lowest BCUT2D eigenvalue weighted by molar-refractivity contribution is 0.426. The van der Waals surface area contributed by atoms with Gasteiger partial charge in [0.2, 0.25) is 0 Å². The van der Waals surface area contributed by atoms with E-state index in [4.69, 9.17) is 16.0 Å². The molecule has 0 radical (unpaired) electrons. The second-order valence-electron chi connectivity index (χ2n) is 4.30. The van der Waals surface area contributed by atoms with Crippen LogP contribution in [0.25, 0.3) is 0 Å². The van der Waals surface area contributed by atoms with E-state index < -0.39 is 0 Å². The Morgan fingerprint density at radius 3 is 2.89 bits per heavy atom. The maximum absolute atomic E-state index is 6.29. The summed E-state index contributed by atoms with van der Waals surface area (Å²) in [5, 5.41) is 8.54. The van der Waals surface area contributed by atoms with Gasteiger partial charge in [0.15, 0.2) is 0 Å². The molecule has 0 saturated heterocycles. The monoisotopic (exact) mass is 267 g/mol. The summed E-state index contributed by atoms with van der Waals surface area (Å²) >= 11 is 6.29. The highest BCUT2D eigenvalue weighted by molar-refractivity contribution is 6.31. The van der Waals surface area contributed by atoms with E-state index in [1.54, 1.807) is 6.26 Å². The van der Waals surface area contributed by atoms with E-state index in [0.717, 1.165) is 28.6 Å². The zero-order chi connectivity index (χ0) is 13.1. The number of halogens is 1. The second kappa shape index (κ2) is 5.59. The lowest BCUT2D eigenvalue weighted by atomic mass is 10.2. The van der Waals surface area contributed by atoms with E-state index in [9.17, 15) is 0 Å². The first-order chi connectivity index (χ1) is 8.63. The molecule has 5 heteroatoms. The molecule has 0 bridgehead atoms. The Kier molecular flexibility index (Phi) is 4.09. The number of nitrogens with one attached hydrogen (secondary N) is 1. The Morgan fingerprint density at radius 1 is 1.56 bits per heavy atom. The number of aromatic nitrogens is 2. The summed E-state index contributed by atoms with van der Waals surface area (Å²) in [5.74, 6) is 0.920. The molecule has 0 saturated carbocycles. The van der Waals surface area contributed by atoms with E-state index in [1.165, 1.54) is 0 Å². The minimum absolute atomic E-state index is 0.149. The number of hydrogen-bond acceptors (Lipinski definition) is 3. The van der Waals surface area contributed by atoms with Gasteiger partial charge in [0.1, 0.15) is 5.76 Å². The van der Waals surface area contributed by atoms with Crippen molar-refractivity contribution in [2.75, 3.05) is 0 Å². The average Bonchev–Trinajstić information content (AvgIpc) is 2.96. The van der Waals surface area contributed by atoms with Gasteiger partial charge in [0.05, 0.1) is 28.7 Å². The summed E-state index contributed by atoms with van der Waals surface area (Å²) in [6, 6.07) is 4.00. The topological polar surface area (TPSA) is 43.0 Å². The molecule has 0 unspecified atom stereocenters. The van der Waals surface area contributed by atoms with Crippen molar-refractivity contribution in [2.24, 2.45) is 7.05 Å². The van der Waals surface area contributed by atoms with E-state index in [-0.39, 0.29) is 6.04 Å². The molecule has 2 heterocycles. The molecule has 98 valence electrons.